The van der Waals surface area contributed by atoms with Crippen LogP contribution in [0.3, 0.4) is 0 Å². The quantitative estimate of drug-likeness (QED) is 0.612. The van der Waals surface area contributed by atoms with Gasteiger partial charge in [-0.1, -0.05) is 40.5 Å². The van der Waals surface area contributed by atoms with Gasteiger partial charge in [-0.2, -0.15) is 0 Å². The normalized spacial score (nSPS) is 12.9. The van der Waals surface area contributed by atoms with Crippen molar-refractivity contribution in [3.05, 3.63) is 0 Å². The van der Waals surface area contributed by atoms with Crippen LogP contribution < -0.4 is 0 Å². The molecule has 0 aromatic rings. The van der Waals surface area contributed by atoms with Crippen molar-refractivity contribution in [3.8, 4) is 0 Å². The second-order valence-corrected chi connectivity index (χ2v) is 4.22. The van der Waals surface area contributed by atoms with Crippen LogP contribution in [-0.2, 0) is 0 Å². The molecule has 0 aromatic heterocycles. The van der Waals surface area contributed by atoms with Crippen LogP contribution in [0.4, 0.5) is 0 Å². The first-order chi connectivity index (χ1) is 6.08. The lowest BCUT2D eigenvalue weighted by Crippen LogP contribution is -2.49. The van der Waals surface area contributed by atoms with Crippen molar-refractivity contribution in [2.45, 2.75) is 58.9 Å². The van der Waals surface area contributed by atoms with Crippen LogP contribution in [0.1, 0.15) is 53.4 Å². The van der Waals surface area contributed by atoms with Crippen molar-refractivity contribution in [3.63, 3.8) is 0 Å². The van der Waals surface area contributed by atoms with E-state index in [1.54, 1.807) is 0 Å². The topological polar surface area (TPSA) is 3.24 Å². The SMILES string of the molecule is CCC(CC)C(CC)(CC)N(C)C. The van der Waals surface area contributed by atoms with Gasteiger partial charge in [-0.3, -0.25) is 0 Å². The Morgan fingerprint density at radius 2 is 1.31 bits per heavy atom. The van der Waals surface area contributed by atoms with Gasteiger partial charge in [0, 0.05) is 5.54 Å². The molecule has 0 bridgehead atoms. The summed E-state index contributed by atoms with van der Waals surface area (Å²) in [6, 6.07) is 0. The highest BCUT2D eigenvalue weighted by atomic mass is 15.1. The molecule has 0 unspecified atom stereocenters. The second kappa shape index (κ2) is 5.64. The number of rotatable bonds is 6. The lowest BCUT2D eigenvalue weighted by atomic mass is 9.75. The van der Waals surface area contributed by atoms with Crippen molar-refractivity contribution < 1.29 is 0 Å². The molecule has 0 heterocycles. The molecule has 0 amide bonds. The Morgan fingerprint density at radius 1 is 0.923 bits per heavy atom. The maximum atomic E-state index is 2.44. The predicted molar refractivity (Wildman–Crippen MR) is 61.1 cm³/mol. The van der Waals surface area contributed by atoms with E-state index in [-0.39, 0.29) is 0 Å². The van der Waals surface area contributed by atoms with Crippen molar-refractivity contribution in [2.24, 2.45) is 5.92 Å². The van der Waals surface area contributed by atoms with E-state index >= 15 is 0 Å². The first kappa shape index (κ1) is 13.0. The zero-order chi connectivity index (χ0) is 10.5. The van der Waals surface area contributed by atoms with E-state index in [2.05, 4.69) is 46.7 Å². The van der Waals surface area contributed by atoms with E-state index in [9.17, 15) is 0 Å². The van der Waals surface area contributed by atoms with Gasteiger partial charge in [0.15, 0.2) is 0 Å². The third-order valence-corrected chi connectivity index (χ3v) is 3.86. The highest BCUT2D eigenvalue weighted by molar-refractivity contribution is 4.91. The molecule has 13 heavy (non-hydrogen) atoms. The Kier molecular flexibility index (Phi) is 5.62. The molecule has 0 spiro atoms. The third kappa shape index (κ3) is 2.46. The van der Waals surface area contributed by atoms with Gasteiger partial charge in [0.2, 0.25) is 0 Å². The summed E-state index contributed by atoms with van der Waals surface area (Å²) in [5.74, 6) is 0.845. The molecule has 0 fully saturated rings. The van der Waals surface area contributed by atoms with Gasteiger partial charge >= 0.3 is 0 Å². The molecule has 0 radical (unpaired) electrons. The third-order valence-electron chi connectivity index (χ3n) is 3.86. The number of hydrogen-bond donors (Lipinski definition) is 0. The minimum Gasteiger partial charge on any atom is -0.303 e. The Labute approximate surface area is 84.5 Å². The molecule has 0 aliphatic carbocycles. The van der Waals surface area contributed by atoms with Crippen LogP contribution in [-0.4, -0.2) is 24.5 Å². The molecule has 1 heteroatoms. The fraction of sp³-hybridized carbons (Fsp3) is 1.00. The minimum absolute atomic E-state index is 0.434. The summed E-state index contributed by atoms with van der Waals surface area (Å²) in [6.45, 7) is 9.28. The largest absolute Gasteiger partial charge is 0.303 e. The van der Waals surface area contributed by atoms with E-state index in [1.807, 2.05) is 0 Å². The molecule has 0 aliphatic rings. The van der Waals surface area contributed by atoms with Gasteiger partial charge in [-0.25, -0.2) is 0 Å². The van der Waals surface area contributed by atoms with Gasteiger partial charge < -0.3 is 4.90 Å². The minimum atomic E-state index is 0.434. The molecule has 0 saturated carbocycles. The van der Waals surface area contributed by atoms with Gasteiger partial charge in [-0.05, 0) is 32.9 Å². The second-order valence-electron chi connectivity index (χ2n) is 4.22. The van der Waals surface area contributed by atoms with E-state index < -0.39 is 0 Å². The monoisotopic (exact) mass is 185 g/mol. The summed E-state index contributed by atoms with van der Waals surface area (Å²) < 4.78 is 0. The van der Waals surface area contributed by atoms with E-state index in [0.29, 0.717) is 5.54 Å². The fourth-order valence-corrected chi connectivity index (χ4v) is 2.87. The first-order valence-electron chi connectivity index (χ1n) is 5.76. The zero-order valence-electron chi connectivity index (χ0n) is 10.4. The van der Waals surface area contributed by atoms with Crippen molar-refractivity contribution in [1.82, 2.24) is 4.90 Å². The summed E-state index contributed by atoms with van der Waals surface area (Å²) >= 11 is 0. The number of hydrogen-bond acceptors (Lipinski definition) is 1. The first-order valence-corrected chi connectivity index (χ1v) is 5.76. The van der Waals surface area contributed by atoms with Crippen LogP contribution >= 0.6 is 0 Å². The van der Waals surface area contributed by atoms with Crippen LogP contribution in [0.5, 0.6) is 0 Å². The highest BCUT2D eigenvalue weighted by Crippen LogP contribution is 2.34. The van der Waals surface area contributed by atoms with E-state index in [4.69, 9.17) is 0 Å². The molecule has 1 nitrogen and oxygen atoms in total. The average molecular weight is 185 g/mol. The van der Waals surface area contributed by atoms with Gasteiger partial charge in [-0.15, -0.1) is 0 Å². The molecular formula is C12H27N. The molecular weight excluding hydrogens is 158 g/mol. The molecule has 0 aromatic carbocycles. The molecule has 80 valence electrons. The maximum absolute atomic E-state index is 2.44. The Morgan fingerprint density at radius 3 is 1.38 bits per heavy atom. The number of nitrogens with zero attached hydrogens (tertiary/aromatic N) is 1. The Bertz CT molecular complexity index is 121. The van der Waals surface area contributed by atoms with Gasteiger partial charge in [0.25, 0.3) is 0 Å². The molecule has 0 rings (SSSR count). The summed E-state index contributed by atoms with van der Waals surface area (Å²) in [6.07, 6.45) is 5.14. The molecule has 0 N–H and O–H groups in total. The van der Waals surface area contributed by atoms with E-state index in [0.717, 1.165) is 5.92 Å². The molecule has 0 saturated heterocycles. The Balaban J connectivity index is 4.71. The van der Waals surface area contributed by atoms with Crippen molar-refractivity contribution in [1.29, 1.82) is 0 Å². The van der Waals surface area contributed by atoms with Crippen LogP contribution in [0.2, 0.25) is 0 Å². The maximum Gasteiger partial charge on any atom is 0.0226 e. The van der Waals surface area contributed by atoms with Crippen LogP contribution in [0.15, 0.2) is 0 Å². The smallest absolute Gasteiger partial charge is 0.0226 e. The zero-order valence-corrected chi connectivity index (χ0v) is 10.4. The summed E-state index contributed by atoms with van der Waals surface area (Å²) in [5, 5.41) is 0. The van der Waals surface area contributed by atoms with Gasteiger partial charge in [0.05, 0.1) is 0 Å². The van der Waals surface area contributed by atoms with Crippen LogP contribution in [0, 0.1) is 5.92 Å². The fourth-order valence-electron chi connectivity index (χ4n) is 2.87. The van der Waals surface area contributed by atoms with Gasteiger partial charge in [0.1, 0.15) is 0 Å². The van der Waals surface area contributed by atoms with Crippen molar-refractivity contribution >= 4 is 0 Å². The van der Waals surface area contributed by atoms with Crippen molar-refractivity contribution in [2.75, 3.05) is 14.1 Å². The molecule has 0 aliphatic heterocycles. The standard InChI is InChI=1S/C12H27N/c1-7-11(8-2)12(9-3,10-4)13(5)6/h11H,7-10H2,1-6H3. The lowest BCUT2D eigenvalue weighted by Gasteiger charge is -2.45. The average Bonchev–Trinajstić information content (AvgIpc) is 2.13. The predicted octanol–water partition coefficient (Wildman–Crippen LogP) is 3.54. The summed E-state index contributed by atoms with van der Waals surface area (Å²) in [5.41, 5.74) is 0.434. The summed E-state index contributed by atoms with van der Waals surface area (Å²) in [4.78, 5) is 2.44. The van der Waals surface area contributed by atoms with E-state index in [1.165, 1.54) is 25.7 Å². The molecule has 0 atom stereocenters. The lowest BCUT2D eigenvalue weighted by molar-refractivity contribution is 0.0622. The Hall–Kier alpha value is -0.0400. The summed E-state index contributed by atoms with van der Waals surface area (Å²) in [7, 11) is 4.46. The van der Waals surface area contributed by atoms with Crippen LogP contribution in [0.25, 0.3) is 0 Å². The highest BCUT2D eigenvalue weighted by Gasteiger charge is 2.35.